The third-order valence-corrected chi connectivity index (χ3v) is 5.31. The second-order valence-electron chi connectivity index (χ2n) is 4.98. The fourth-order valence-corrected chi connectivity index (χ4v) is 3.37. The minimum atomic E-state index is -3.86. The van der Waals surface area contributed by atoms with Crippen LogP contribution in [0.15, 0.2) is 58.5 Å². The quantitative estimate of drug-likeness (QED) is 0.626. The van der Waals surface area contributed by atoms with Gasteiger partial charge in [-0.05, 0) is 30.3 Å². The van der Waals surface area contributed by atoms with Crippen molar-refractivity contribution in [3.05, 3.63) is 75.7 Å². The van der Waals surface area contributed by atoms with Crippen LogP contribution in [-0.2, 0) is 16.6 Å². The topological polar surface area (TPSA) is 115 Å². The van der Waals surface area contributed by atoms with Gasteiger partial charge in [-0.1, -0.05) is 19.0 Å². The van der Waals surface area contributed by atoms with Crippen molar-refractivity contribution in [1.29, 1.82) is 0 Å². The summed E-state index contributed by atoms with van der Waals surface area (Å²) in [5.74, 6) is -1.33. The van der Waals surface area contributed by atoms with Gasteiger partial charge in [0, 0.05) is 17.8 Å². The third kappa shape index (κ3) is 6.97. The lowest BCUT2D eigenvalue weighted by Gasteiger charge is -2.07. The molecule has 0 saturated heterocycles. The molecule has 3 N–H and O–H groups in total. The zero-order valence-corrected chi connectivity index (χ0v) is 16.1. The number of carbonyl (C=O) groups is 1. The number of primary amides is 1. The Kier molecular flexibility index (Phi) is 9.13. The van der Waals surface area contributed by atoms with E-state index in [0.29, 0.717) is 5.69 Å². The second kappa shape index (κ2) is 10.8. The van der Waals surface area contributed by atoms with Gasteiger partial charge in [0.2, 0.25) is 15.9 Å². The highest BCUT2D eigenvalue weighted by Gasteiger charge is 2.16. The molecule has 0 atom stereocenters. The number of hydrogen-bond acceptors (Lipinski definition) is 6. The van der Waals surface area contributed by atoms with Gasteiger partial charge in [-0.25, -0.2) is 17.5 Å². The highest BCUT2D eigenvalue weighted by atomic mass is 35.5. The van der Waals surface area contributed by atoms with Crippen molar-refractivity contribution in [2.45, 2.75) is 18.9 Å². The number of hydrogen-bond donors (Lipinski definition) is 2. The van der Waals surface area contributed by atoms with Crippen molar-refractivity contribution < 1.29 is 17.6 Å². The Morgan fingerprint density at radius 3 is 2.50 bits per heavy atom. The molecule has 1 amide bonds. The number of sulfonamides is 1. The maximum atomic E-state index is 13.0. The number of carbonyl (C=O) groups excluding carboxylic acids is 1. The molecule has 28 heavy (non-hydrogen) atoms. The molecule has 0 bridgehead atoms. The molecule has 0 radical (unpaired) electrons. The summed E-state index contributed by atoms with van der Waals surface area (Å²) in [6, 6.07) is 6.00. The van der Waals surface area contributed by atoms with Gasteiger partial charge in [0.05, 0.1) is 33.2 Å². The number of amides is 1. The van der Waals surface area contributed by atoms with E-state index < -0.39 is 21.7 Å². The van der Waals surface area contributed by atoms with Gasteiger partial charge in [0.1, 0.15) is 5.82 Å². The molecule has 7 nitrogen and oxygen atoms in total. The van der Waals surface area contributed by atoms with E-state index in [-0.39, 0.29) is 29.5 Å². The number of halogens is 2. The summed E-state index contributed by atoms with van der Waals surface area (Å²) in [5.41, 5.74) is 7.48. The third-order valence-electron chi connectivity index (χ3n) is 3.10. The second-order valence-corrected chi connectivity index (χ2v) is 7.91. The SMILES string of the molecule is C.NC(=O)c1ccc(CNS(=O)(=O)c2ccc(F)c(Cl)c2)nc1.c1cscn1. The number of pyridine rings is 1. The molecule has 2 heterocycles. The molecule has 0 aliphatic carbocycles. The van der Waals surface area contributed by atoms with E-state index in [1.165, 1.54) is 18.3 Å². The lowest BCUT2D eigenvalue weighted by atomic mass is 10.2. The van der Waals surface area contributed by atoms with Crippen LogP contribution in [-0.4, -0.2) is 24.3 Å². The van der Waals surface area contributed by atoms with Crippen LogP contribution in [0.5, 0.6) is 0 Å². The van der Waals surface area contributed by atoms with Crippen molar-refractivity contribution in [3.8, 4) is 0 Å². The van der Waals surface area contributed by atoms with Crippen molar-refractivity contribution >= 4 is 38.9 Å². The Labute approximate surface area is 171 Å². The Morgan fingerprint density at radius 1 is 1.29 bits per heavy atom. The van der Waals surface area contributed by atoms with Crippen molar-refractivity contribution in [3.63, 3.8) is 0 Å². The molecule has 0 unspecified atom stereocenters. The maximum absolute atomic E-state index is 13.0. The van der Waals surface area contributed by atoms with Crippen LogP contribution >= 0.6 is 22.9 Å². The normalized spacial score (nSPS) is 10.4. The molecule has 3 rings (SSSR count). The Bertz CT molecular complexity index is 981. The van der Waals surface area contributed by atoms with Crippen molar-refractivity contribution in [2.75, 3.05) is 0 Å². The molecule has 0 fully saturated rings. The zero-order valence-electron chi connectivity index (χ0n) is 13.7. The van der Waals surface area contributed by atoms with Crippen LogP contribution in [0.2, 0.25) is 5.02 Å². The Hall–Kier alpha value is -2.40. The van der Waals surface area contributed by atoms with Crippen molar-refractivity contribution in [1.82, 2.24) is 14.7 Å². The predicted octanol–water partition coefficient (Wildman–Crippen LogP) is 3.23. The summed E-state index contributed by atoms with van der Waals surface area (Å²) in [4.78, 5) is 18.4. The van der Waals surface area contributed by atoms with Crippen molar-refractivity contribution in [2.24, 2.45) is 5.73 Å². The van der Waals surface area contributed by atoms with Gasteiger partial charge in [0.25, 0.3) is 0 Å². The monoisotopic (exact) mass is 444 g/mol. The Morgan fingerprint density at radius 2 is 2.04 bits per heavy atom. The van der Waals surface area contributed by atoms with E-state index in [9.17, 15) is 17.6 Å². The van der Waals surface area contributed by atoms with E-state index in [1.807, 2.05) is 5.38 Å². The minimum absolute atomic E-state index is 0. The molecule has 150 valence electrons. The van der Waals surface area contributed by atoms with Gasteiger partial charge in [-0.15, -0.1) is 11.3 Å². The summed E-state index contributed by atoms with van der Waals surface area (Å²) in [6.45, 7) is -0.101. The molecular formula is C17H18ClFN4O3S2. The van der Waals surface area contributed by atoms with Gasteiger partial charge in [-0.2, -0.15) is 0 Å². The highest BCUT2D eigenvalue weighted by molar-refractivity contribution is 7.89. The fourth-order valence-electron chi connectivity index (χ4n) is 1.75. The molecule has 11 heteroatoms. The van der Waals surface area contributed by atoms with Crippen LogP contribution in [0.3, 0.4) is 0 Å². The first-order valence-electron chi connectivity index (χ1n) is 7.31. The number of aromatic nitrogens is 2. The first kappa shape index (κ1) is 23.6. The first-order chi connectivity index (χ1) is 12.8. The van der Waals surface area contributed by atoms with Crippen LogP contribution in [0.1, 0.15) is 23.5 Å². The number of nitrogens with one attached hydrogen (secondary N) is 1. The highest BCUT2D eigenvalue weighted by Crippen LogP contribution is 2.19. The number of nitrogens with two attached hydrogens (primary N) is 1. The molecule has 0 spiro atoms. The molecule has 0 aliphatic rings. The molecular weight excluding hydrogens is 427 g/mol. The van der Waals surface area contributed by atoms with Gasteiger partial charge in [0.15, 0.2) is 0 Å². The number of thiazole rings is 1. The number of nitrogens with zero attached hydrogens (tertiary/aromatic N) is 2. The van der Waals surface area contributed by atoms with Crippen LogP contribution in [0.4, 0.5) is 4.39 Å². The van der Waals surface area contributed by atoms with Crippen LogP contribution in [0, 0.1) is 5.82 Å². The molecule has 0 aliphatic heterocycles. The summed E-state index contributed by atoms with van der Waals surface area (Å²) in [6.07, 6.45) is 3.02. The smallest absolute Gasteiger partial charge is 0.250 e. The molecule has 1 aromatic carbocycles. The summed E-state index contributed by atoms with van der Waals surface area (Å²) in [5, 5.41) is 1.65. The molecule has 2 aromatic heterocycles. The summed E-state index contributed by atoms with van der Waals surface area (Å²) >= 11 is 7.16. The molecule has 3 aromatic rings. The van der Waals surface area contributed by atoms with Crippen LogP contribution in [0.25, 0.3) is 0 Å². The number of benzene rings is 1. The van der Waals surface area contributed by atoms with Crippen LogP contribution < -0.4 is 10.5 Å². The van der Waals surface area contributed by atoms with E-state index in [2.05, 4.69) is 14.7 Å². The van der Waals surface area contributed by atoms with E-state index >= 15 is 0 Å². The lowest BCUT2D eigenvalue weighted by molar-refractivity contribution is 0.1000. The predicted molar refractivity (Wildman–Crippen MR) is 107 cm³/mol. The molecule has 0 saturated carbocycles. The average molecular weight is 445 g/mol. The number of rotatable bonds is 5. The van der Waals surface area contributed by atoms with E-state index in [1.54, 1.807) is 23.0 Å². The Balaban J connectivity index is 0.000000567. The fraction of sp³-hybridized carbons (Fsp3) is 0.118. The zero-order chi connectivity index (χ0) is 19.9. The maximum Gasteiger partial charge on any atom is 0.250 e. The largest absolute Gasteiger partial charge is 0.366 e. The van der Waals surface area contributed by atoms with Gasteiger partial charge in [-0.3, -0.25) is 14.8 Å². The van der Waals surface area contributed by atoms with E-state index in [4.69, 9.17) is 17.3 Å². The van der Waals surface area contributed by atoms with Gasteiger partial charge < -0.3 is 5.73 Å². The summed E-state index contributed by atoms with van der Waals surface area (Å²) < 4.78 is 39.4. The minimum Gasteiger partial charge on any atom is -0.366 e. The summed E-state index contributed by atoms with van der Waals surface area (Å²) in [7, 11) is -3.86. The average Bonchev–Trinajstić information content (AvgIpc) is 3.22. The lowest BCUT2D eigenvalue weighted by Crippen LogP contribution is -2.24. The van der Waals surface area contributed by atoms with E-state index in [0.717, 1.165) is 18.2 Å². The standard InChI is InChI=1S/C13H11ClFN3O3S.C3H3NS.CH4/c14-11-5-10(3-4-12(11)15)22(20,21)18-7-9-2-1-8(6-17-9)13(16)19;1-2-5-3-4-1;/h1-6,18H,7H2,(H2,16,19);1-3H;1H4. The van der Waals surface area contributed by atoms with Gasteiger partial charge >= 0.3 is 0 Å². The first-order valence-corrected chi connectivity index (χ1v) is 10.1.